The predicted molar refractivity (Wildman–Crippen MR) is 92.7 cm³/mol. The molecule has 3 rings (SSSR count). The maximum Gasteiger partial charge on any atom is 0.360 e. The van der Waals surface area contributed by atoms with Crippen LogP contribution in [0.1, 0.15) is 23.8 Å². The number of nitrogen functional groups attached to an aromatic ring is 1. The van der Waals surface area contributed by atoms with Crippen LogP contribution < -0.4 is 15.2 Å². The first kappa shape index (κ1) is 18.2. The van der Waals surface area contributed by atoms with Crippen molar-refractivity contribution in [2.75, 3.05) is 26.6 Å². The minimum Gasteiger partial charge on any atom is -0.493 e. The van der Waals surface area contributed by atoms with E-state index in [2.05, 4.69) is 25.3 Å². The molecule has 0 fully saturated rings. The Kier molecular flexibility index (Phi) is 5.20. The standard InChI is InChI=1S/C16H18N6O5/c1-4-7-26-10-6-5-9(8-11(10)24-2)13-12(16(23)25-3)18-21-22(13)15-14(17)19-27-20-15/h5-6,8H,4,7H2,1-3H3,(H2,17,19). The van der Waals surface area contributed by atoms with Crippen molar-refractivity contribution in [3.8, 4) is 28.6 Å². The summed E-state index contributed by atoms with van der Waals surface area (Å²) in [6.45, 7) is 2.55. The molecular weight excluding hydrogens is 356 g/mol. The van der Waals surface area contributed by atoms with Crippen LogP contribution in [0.4, 0.5) is 5.82 Å². The van der Waals surface area contributed by atoms with Gasteiger partial charge in [0.1, 0.15) is 5.69 Å². The van der Waals surface area contributed by atoms with Crippen molar-refractivity contribution in [3.05, 3.63) is 23.9 Å². The largest absolute Gasteiger partial charge is 0.493 e. The lowest BCUT2D eigenvalue weighted by atomic mass is 10.1. The highest BCUT2D eigenvalue weighted by molar-refractivity contribution is 5.94. The number of aromatic nitrogens is 5. The minimum absolute atomic E-state index is 0.00701. The monoisotopic (exact) mass is 374 g/mol. The molecule has 3 aromatic rings. The Balaban J connectivity index is 2.16. The normalized spacial score (nSPS) is 10.6. The molecule has 0 aliphatic heterocycles. The first-order chi connectivity index (χ1) is 13.1. The molecule has 0 amide bonds. The van der Waals surface area contributed by atoms with Gasteiger partial charge >= 0.3 is 5.97 Å². The SMILES string of the molecule is CCCOc1ccc(-c2c(C(=O)OC)nnn2-c2nonc2N)cc1OC. The molecule has 27 heavy (non-hydrogen) atoms. The van der Waals surface area contributed by atoms with Gasteiger partial charge in [0.2, 0.25) is 11.6 Å². The van der Waals surface area contributed by atoms with Crippen molar-refractivity contribution >= 4 is 11.8 Å². The second kappa shape index (κ2) is 7.72. The summed E-state index contributed by atoms with van der Waals surface area (Å²) in [5.74, 6) is 0.474. The molecule has 1 aromatic carbocycles. The highest BCUT2D eigenvalue weighted by Gasteiger charge is 2.26. The number of benzene rings is 1. The predicted octanol–water partition coefficient (Wildman–Crippen LogP) is 1.48. The van der Waals surface area contributed by atoms with Gasteiger partial charge in [-0.3, -0.25) is 0 Å². The number of carbonyl (C=O) groups is 1. The summed E-state index contributed by atoms with van der Waals surface area (Å²) >= 11 is 0. The van der Waals surface area contributed by atoms with Gasteiger partial charge in [0, 0.05) is 5.56 Å². The van der Waals surface area contributed by atoms with Crippen molar-refractivity contribution in [1.29, 1.82) is 0 Å². The Morgan fingerprint density at radius 1 is 1.26 bits per heavy atom. The Hall–Kier alpha value is -3.63. The number of nitrogens with zero attached hydrogens (tertiary/aromatic N) is 5. The number of hydrogen-bond donors (Lipinski definition) is 1. The Morgan fingerprint density at radius 3 is 2.70 bits per heavy atom. The van der Waals surface area contributed by atoms with Gasteiger partial charge < -0.3 is 19.9 Å². The summed E-state index contributed by atoms with van der Waals surface area (Å²) < 4.78 is 21.7. The number of carbonyl (C=O) groups excluding carboxylic acids is 1. The maximum atomic E-state index is 12.2. The molecule has 0 aliphatic rings. The second-order valence-electron chi connectivity index (χ2n) is 5.38. The topological polar surface area (TPSA) is 140 Å². The fourth-order valence-corrected chi connectivity index (χ4v) is 2.41. The van der Waals surface area contributed by atoms with Gasteiger partial charge in [-0.1, -0.05) is 12.1 Å². The van der Waals surface area contributed by atoms with Gasteiger partial charge in [0.25, 0.3) is 0 Å². The molecule has 0 saturated heterocycles. The molecule has 0 saturated carbocycles. The lowest BCUT2D eigenvalue weighted by molar-refractivity contribution is 0.0595. The second-order valence-corrected chi connectivity index (χ2v) is 5.38. The number of hydrogen-bond acceptors (Lipinski definition) is 10. The van der Waals surface area contributed by atoms with E-state index in [1.54, 1.807) is 18.2 Å². The molecule has 11 heteroatoms. The molecule has 0 spiro atoms. The molecule has 0 unspecified atom stereocenters. The fraction of sp³-hybridized carbons (Fsp3) is 0.312. The van der Waals surface area contributed by atoms with Gasteiger partial charge in [-0.05, 0) is 34.9 Å². The molecule has 11 nitrogen and oxygen atoms in total. The van der Waals surface area contributed by atoms with Crippen molar-refractivity contribution in [2.24, 2.45) is 0 Å². The van der Waals surface area contributed by atoms with Crippen LogP contribution in [0.25, 0.3) is 17.1 Å². The Bertz CT molecular complexity index is 951. The van der Waals surface area contributed by atoms with Crippen LogP contribution >= 0.6 is 0 Å². The van der Waals surface area contributed by atoms with Crippen LogP contribution in [0, 0.1) is 0 Å². The van der Waals surface area contributed by atoms with E-state index in [-0.39, 0.29) is 17.3 Å². The van der Waals surface area contributed by atoms with E-state index in [1.807, 2.05) is 6.92 Å². The fourth-order valence-electron chi connectivity index (χ4n) is 2.41. The highest BCUT2D eigenvalue weighted by Crippen LogP contribution is 2.34. The van der Waals surface area contributed by atoms with Gasteiger partial charge in [0.05, 0.1) is 20.8 Å². The van der Waals surface area contributed by atoms with Crippen molar-refractivity contribution in [1.82, 2.24) is 25.3 Å². The van der Waals surface area contributed by atoms with Crippen molar-refractivity contribution in [3.63, 3.8) is 0 Å². The third-order valence-corrected chi connectivity index (χ3v) is 3.64. The van der Waals surface area contributed by atoms with Crippen LogP contribution in [0.3, 0.4) is 0 Å². The minimum atomic E-state index is -0.670. The van der Waals surface area contributed by atoms with Crippen LogP contribution in [-0.4, -0.2) is 52.1 Å². The number of esters is 1. The average molecular weight is 374 g/mol. The molecule has 0 radical (unpaired) electrons. The zero-order valence-corrected chi connectivity index (χ0v) is 15.0. The van der Waals surface area contributed by atoms with E-state index in [9.17, 15) is 4.79 Å². The number of methoxy groups -OCH3 is 2. The van der Waals surface area contributed by atoms with Crippen LogP contribution in [0.5, 0.6) is 11.5 Å². The first-order valence-corrected chi connectivity index (χ1v) is 8.04. The lowest BCUT2D eigenvalue weighted by Gasteiger charge is -2.12. The van der Waals surface area contributed by atoms with E-state index in [0.717, 1.165) is 6.42 Å². The summed E-state index contributed by atoms with van der Waals surface area (Å²) in [6, 6.07) is 5.15. The lowest BCUT2D eigenvalue weighted by Crippen LogP contribution is -2.07. The molecule has 0 aliphatic carbocycles. The Labute approximate surface area is 154 Å². The summed E-state index contributed by atoms with van der Waals surface area (Å²) in [5.41, 5.74) is 6.59. The molecule has 142 valence electrons. The molecule has 0 bridgehead atoms. The van der Waals surface area contributed by atoms with Gasteiger partial charge in [-0.15, -0.1) is 5.10 Å². The summed E-state index contributed by atoms with van der Waals surface area (Å²) in [6.07, 6.45) is 0.854. The average Bonchev–Trinajstić information content (AvgIpc) is 3.31. The molecule has 2 N–H and O–H groups in total. The zero-order chi connectivity index (χ0) is 19.4. The van der Waals surface area contributed by atoms with Crippen LogP contribution in [0.2, 0.25) is 0 Å². The maximum absolute atomic E-state index is 12.2. The highest BCUT2D eigenvalue weighted by atomic mass is 16.6. The van der Waals surface area contributed by atoms with Gasteiger partial charge in [0.15, 0.2) is 17.2 Å². The molecule has 0 atom stereocenters. The van der Waals surface area contributed by atoms with E-state index in [1.165, 1.54) is 18.9 Å². The number of nitrogens with two attached hydrogens (primary N) is 1. The van der Waals surface area contributed by atoms with E-state index in [0.29, 0.717) is 29.4 Å². The van der Waals surface area contributed by atoms with Gasteiger partial charge in [-0.25, -0.2) is 9.42 Å². The quantitative estimate of drug-likeness (QED) is 0.604. The van der Waals surface area contributed by atoms with Crippen molar-refractivity contribution in [2.45, 2.75) is 13.3 Å². The van der Waals surface area contributed by atoms with Gasteiger partial charge in [-0.2, -0.15) is 4.68 Å². The Morgan fingerprint density at radius 2 is 2.07 bits per heavy atom. The summed E-state index contributed by atoms with van der Waals surface area (Å²) in [7, 11) is 2.77. The summed E-state index contributed by atoms with van der Waals surface area (Å²) in [5, 5.41) is 15.1. The smallest absolute Gasteiger partial charge is 0.360 e. The van der Waals surface area contributed by atoms with Crippen molar-refractivity contribution < 1.29 is 23.6 Å². The van der Waals surface area contributed by atoms with Crippen LogP contribution in [-0.2, 0) is 4.74 Å². The van der Waals surface area contributed by atoms with E-state index in [4.69, 9.17) is 19.9 Å². The molecule has 2 aromatic heterocycles. The first-order valence-electron chi connectivity index (χ1n) is 8.04. The van der Waals surface area contributed by atoms with E-state index < -0.39 is 5.97 Å². The number of anilines is 1. The number of rotatable bonds is 7. The third-order valence-electron chi connectivity index (χ3n) is 3.64. The number of ether oxygens (including phenoxy) is 3. The zero-order valence-electron chi connectivity index (χ0n) is 15.0. The summed E-state index contributed by atoms with van der Waals surface area (Å²) in [4.78, 5) is 12.2. The molecular formula is C16H18N6O5. The van der Waals surface area contributed by atoms with E-state index >= 15 is 0 Å². The van der Waals surface area contributed by atoms with Crippen LogP contribution in [0.15, 0.2) is 22.8 Å². The third kappa shape index (κ3) is 3.38. The molecule has 2 heterocycles.